The van der Waals surface area contributed by atoms with Crippen LogP contribution in [0.2, 0.25) is 0 Å². The Morgan fingerprint density at radius 3 is 3.00 bits per heavy atom. The maximum atomic E-state index is 11.3. The van der Waals surface area contributed by atoms with Crippen molar-refractivity contribution >= 4 is 39.7 Å². The maximum Gasteiger partial charge on any atom is 0.317 e. The van der Waals surface area contributed by atoms with Gasteiger partial charge in [-0.05, 0) is 13.2 Å². The summed E-state index contributed by atoms with van der Waals surface area (Å²) in [6.45, 7) is 2.43. The number of hydrogen-bond donors (Lipinski definition) is 0. The molecule has 0 aromatic carbocycles. The predicted octanol–water partition coefficient (Wildman–Crippen LogP) is 1.54. The summed E-state index contributed by atoms with van der Waals surface area (Å²) in [5.41, 5.74) is 0. The van der Waals surface area contributed by atoms with E-state index in [0.717, 1.165) is 0 Å². The minimum atomic E-state index is -0.521. The van der Waals surface area contributed by atoms with Crippen molar-refractivity contribution in [2.45, 2.75) is 6.92 Å². The smallest absolute Gasteiger partial charge is 0.317 e. The molecule has 0 aromatic heterocycles. The third kappa shape index (κ3) is 2.72. The summed E-state index contributed by atoms with van der Waals surface area (Å²) >= 11 is 7.24. The van der Waals surface area contributed by atoms with Crippen molar-refractivity contribution in [1.82, 2.24) is 0 Å². The van der Waals surface area contributed by atoms with E-state index in [0.29, 0.717) is 18.3 Å². The van der Waals surface area contributed by atoms with Crippen LogP contribution in [0.1, 0.15) is 6.92 Å². The molecule has 14 heavy (non-hydrogen) atoms. The number of rotatable bonds is 2. The van der Waals surface area contributed by atoms with Crippen LogP contribution in [0.4, 0.5) is 0 Å². The normalized spacial score (nSPS) is 21.2. The van der Waals surface area contributed by atoms with E-state index in [-0.39, 0.29) is 11.1 Å². The number of hydrogen-bond acceptors (Lipinski definition) is 5. The molecular formula is C8H11ClN2O2S. The first-order chi connectivity index (χ1) is 6.69. The lowest BCUT2D eigenvalue weighted by molar-refractivity contribution is -0.145. The van der Waals surface area contributed by atoms with Crippen molar-refractivity contribution in [1.29, 1.82) is 0 Å². The Labute approximate surface area is 91.8 Å². The van der Waals surface area contributed by atoms with Gasteiger partial charge in [-0.2, -0.15) is 0 Å². The number of nitrogens with zero attached hydrogens (tertiary/aromatic N) is 2. The Morgan fingerprint density at radius 1 is 1.79 bits per heavy atom. The summed E-state index contributed by atoms with van der Waals surface area (Å²) in [6, 6.07) is 0. The molecule has 1 atom stereocenters. The quantitative estimate of drug-likeness (QED) is 0.681. The van der Waals surface area contributed by atoms with Crippen LogP contribution >= 0.6 is 23.4 Å². The minimum Gasteiger partial charge on any atom is -0.465 e. The molecule has 0 radical (unpaired) electrons. The SMILES string of the molecule is CCOC(=O)C1CN=C(SC)N=C1Cl. The zero-order valence-electron chi connectivity index (χ0n) is 7.99. The largest absolute Gasteiger partial charge is 0.465 e. The lowest BCUT2D eigenvalue weighted by atomic mass is 10.1. The van der Waals surface area contributed by atoms with E-state index in [9.17, 15) is 4.79 Å². The molecule has 1 aliphatic heterocycles. The van der Waals surface area contributed by atoms with E-state index in [1.807, 2.05) is 6.26 Å². The molecule has 4 nitrogen and oxygen atoms in total. The summed E-state index contributed by atoms with van der Waals surface area (Å²) in [4.78, 5) is 19.4. The molecule has 78 valence electrons. The minimum absolute atomic E-state index is 0.266. The van der Waals surface area contributed by atoms with E-state index in [4.69, 9.17) is 16.3 Å². The van der Waals surface area contributed by atoms with Gasteiger partial charge >= 0.3 is 5.97 Å². The molecular weight excluding hydrogens is 224 g/mol. The standard InChI is InChI=1S/C8H11ClN2O2S/c1-3-13-7(12)5-4-10-8(14-2)11-6(5)9/h5H,3-4H2,1-2H3. The second-order valence-electron chi connectivity index (χ2n) is 2.57. The first-order valence-electron chi connectivity index (χ1n) is 4.18. The van der Waals surface area contributed by atoms with Gasteiger partial charge in [-0.25, -0.2) is 4.99 Å². The second-order valence-corrected chi connectivity index (χ2v) is 3.73. The Bertz CT molecular complexity index is 291. The highest BCUT2D eigenvalue weighted by atomic mass is 35.5. The van der Waals surface area contributed by atoms with Gasteiger partial charge < -0.3 is 4.74 Å². The van der Waals surface area contributed by atoms with Crippen molar-refractivity contribution in [3.05, 3.63) is 0 Å². The van der Waals surface area contributed by atoms with Crippen LogP contribution in [0.25, 0.3) is 0 Å². The monoisotopic (exact) mass is 234 g/mol. The lowest BCUT2D eigenvalue weighted by Crippen LogP contribution is -2.29. The Kier molecular flexibility index (Phi) is 4.41. The maximum absolute atomic E-state index is 11.3. The molecule has 0 bridgehead atoms. The van der Waals surface area contributed by atoms with Crippen LogP contribution in [0.3, 0.4) is 0 Å². The molecule has 0 fully saturated rings. The number of esters is 1. The fourth-order valence-electron chi connectivity index (χ4n) is 0.974. The van der Waals surface area contributed by atoms with Crippen LogP contribution in [0.15, 0.2) is 9.98 Å². The van der Waals surface area contributed by atoms with Crippen molar-refractivity contribution in [2.24, 2.45) is 15.9 Å². The van der Waals surface area contributed by atoms with E-state index in [1.165, 1.54) is 11.8 Å². The molecule has 0 N–H and O–H groups in total. The van der Waals surface area contributed by atoms with Gasteiger partial charge in [0, 0.05) is 0 Å². The topological polar surface area (TPSA) is 51.0 Å². The molecule has 0 saturated carbocycles. The van der Waals surface area contributed by atoms with Gasteiger partial charge in [-0.1, -0.05) is 23.4 Å². The molecule has 1 unspecified atom stereocenters. The molecule has 0 aliphatic carbocycles. The zero-order chi connectivity index (χ0) is 10.6. The number of ether oxygens (including phenoxy) is 1. The fraction of sp³-hybridized carbons (Fsp3) is 0.625. The van der Waals surface area contributed by atoms with Gasteiger partial charge in [-0.3, -0.25) is 9.79 Å². The summed E-state index contributed by atoms with van der Waals surface area (Å²) < 4.78 is 4.84. The molecule has 6 heteroatoms. The first kappa shape index (κ1) is 11.5. The number of aliphatic imine (C=N–C) groups is 2. The van der Waals surface area contributed by atoms with Gasteiger partial charge in [0.25, 0.3) is 0 Å². The van der Waals surface area contributed by atoms with E-state index < -0.39 is 5.92 Å². The molecule has 0 aromatic rings. The third-order valence-electron chi connectivity index (χ3n) is 1.65. The average Bonchev–Trinajstić information content (AvgIpc) is 2.17. The molecule has 1 heterocycles. The van der Waals surface area contributed by atoms with Crippen LogP contribution in [0.5, 0.6) is 0 Å². The van der Waals surface area contributed by atoms with Gasteiger partial charge in [0.15, 0.2) is 5.17 Å². The Balaban J connectivity index is 2.65. The average molecular weight is 235 g/mol. The van der Waals surface area contributed by atoms with Crippen molar-refractivity contribution < 1.29 is 9.53 Å². The molecule has 0 amide bonds. The Morgan fingerprint density at radius 2 is 2.50 bits per heavy atom. The van der Waals surface area contributed by atoms with Crippen LogP contribution in [0, 0.1) is 5.92 Å². The van der Waals surface area contributed by atoms with E-state index >= 15 is 0 Å². The summed E-state index contributed by atoms with van der Waals surface area (Å²) in [7, 11) is 0. The van der Waals surface area contributed by atoms with Crippen molar-refractivity contribution in [2.75, 3.05) is 19.4 Å². The van der Waals surface area contributed by atoms with Crippen LogP contribution in [-0.4, -0.2) is 35.7 Å². The highest BCUT2D eigenvalue weighted by Gasteiger charge is 2.27. The Hall–Kier alpha value is -0.550. The highest BCUT2D eigenvalue weighted by molar-refractivity contribution is 8.13. The lowest BCUT2D eigenvalue weighted by Gasteiger charge is -2.15. The van der Waals surface area contributed by atoms with Crippen LogP contribution in [-0.2, 0) is 9.53 Å². The van der Waals surface area contributed by atoms with Gasteiger partial charge in [-0.15, -0.1) is 0 Å². The number of halogens is 1. The fourth-order valence-corrected chi connectivity index (χ4v) is 1.66. The van der Waals surface area contributed by atoms with E-state index in [2.05, 4.69) is 9.98 Å². The van der Waals surface area contributed by atoms with Gasteiger partial charge in [0.05, 0.1) is 13.2 Å². The number of amidine groups is 1. The van der Waals surface area contributed by atoms with Crippen molar-refractivity contribution in [3.8, 4) is 0 Å². The number of thioether (sulfide) groups is 1. The first-order valence-corrected chi connectivity index (χ1v) is 5.78. The number of carbonyl (C=O) groups excluding carboxylic acids is 1. The predicted molar refractivity (Wildman–Crippen MR) is 59.2 cm³/mol. The van der Waals surface area contributed by atoms with Gasteiger partial charge in [0.2, 0.25) is 0 Å². The molecule has 0 spiro atoms. The number of carbonyl (C=O) groups is 1. The van der Waals surface area contributed by atoms with Crippen LogP contribution < -0.4 is 0 Å². The van der Waals surface area contributed by atoms with Gasteiger partial charge in [0.1, 0.15) is 11.1 Å². The second kappa shape index (κ2) is 5.36. The zero-order valence-corrected chi connectivity index (χ0v) is 9.56. The molecule has 0 saturated heterocycles. The third-order valence-corrected chi connectivity index (χ3v) is 2.59. The van der Waals surface area contributed by atoms with Crippen molar-refractivity contribution in [3.63, 3.8) is 0 Å². The summed E-state index contributed by atoms with van der Waals surface area (Å²) in [5, 5.41) is 0.873. The molecule has 1 rings (SSSR count). The molecule has 1 aliphatic rings. The summed E-state index contributed by atoms with van der Waals surface area (Å²) in [5.74, 6) is -0.877. The van der Waals surface area contributed by atoms with E-state index in [1.54, 1.807) is 6.92 Å². The summed E-state index contributed by atoms with van der Waals surface area (Å²) in [6.07, 6.45) is 1.86. The highest BCUT2D eigenvalue weighted by Crippen LogP contribution is 2.16.